The van der Waals surface area contributed by atoms with Crippen molar-refractivity contribution >= 4 is 11.1 Å². The van der Waals surface area contributed by atoms with Crippen molar-refractivity contribution in [2.45, 2.75) is 12.8 Å². The number of benzene rings is 1. The third kappa shape index (κ3) is 6.41. The summed E-state index contributed by atoms with van der Waals surface area (Å²) in [7, 11) is 0. The van der Waals surface area contributed by atoms with Gasteiger partial charge in [0.15, 0.2) is 11.1 Å². The fourth-order valence-electron chi connectivity index (χ4n) is 1.04. The molecule has 68 valence electrons. The zero-order valence-corrected chi connectivity index (χ0v) is 10.6. The first-order valence-corrected chi connectivity index (χ1v) is 5.18. The Hall–Kier alpha value is 0.330. The normalized spacial score (nSPS) is 11.8. The third-order valence-electron chi connectivity index (χ3n) is 1.63. The summed E-state index contributed by atoms with van der Waals surface area (Å²) >= 11 is -1.64. The molecule has 0 amide bonds. The Morgan fingerprint density at radius 1 is 1.31 bits per heavy atom. The molecule has 1 N–H and O–H groups in total. The summed E-state index contributed by atoms with van der Waals surface area (Å²) < 4.78 is 18.8. The van der Waals surface area contributed by atoms with Crippen molar-refractivity contribution in [2.24, 2.45) is 0 Å². The molecule has 0 heterocycles. The molecular weight excluding hydrogens is 195 g/mol. The van der Waals surface area contributed by atoms with Gasteiger partial charge in [-0.25, -0.2) is 4.21 Å². The molecule has 4 heteroatoms. The van der Waals surface area contributed by atoms with Crippen LogP contribution in [0.5, 0.6) is 0 Å². The minimum atomic E-state index is -1.64. The van der Waals surface area contributed by atoms with Gasteiger partial charge < -0.3 is 5.98 Å². The van der Waals surface area contributed by atoms with Gasteiger partial charge in [-0.1, -0.05) is 30.3 Å². The van der Waals surface area contributed by atoms with Gasteiger partial charge >= 0.3 is 29.6 Å². The molecule has 1 rings (SSSR count). The van der Waals surface area contributed by atoms with Crippen molar-refractivity contribution in [3.63, 3.8) is 0 Å². The maximum absolute atomic E-state index is 10.3. The zero-order valence-electron chi connectivity index (χ0n) is 8.77. The monoisotopic (exact) mass is 208 g/mol. The molecule has 0 aromatic heterocycles. The van der Waals surface area contributed by atoms with E-state index in [1.54, 1.807) is 0 Å². The van der Waals surface area contributed by atoms with Crippen molar-refractivity contribution in [3.05, 3.63) is 35.9 Å². The van der Waals surface area contributed by atoms with E-state index in [-0.39, 0.29) is 31.0 Å². The summed E-state index contributed by atoms with van der Waals surface area (Å²) in [5.41, 5.74) is 1.22. The second kappa shape index (κ2) is 7.71. The largest absolute Gasteiger partial charge is 1.00 e. The summed E-state index contributed by atoms with van der Waals surface area (Å²) in [6.45, 7) is 0. The Bertz CT molecular complexity index is 256. The molecule has 0 bridgehead atoms. The van der Waals surface area contributed by atoms with Crippen molar-refractivity contribution in [2.75, 3.05) is 5.75 Å². The van der Waals surface area contributed by atoms with E-state index in [4.69, 9.17) is 4.55 Å². The number of hydrogen-bond acceptors (Lipinski definition) is 1. The van der Waals surface area contributed by atoms with Crippen molar-refractivity contribution in [1.82, 2.24) is 0 Å². The molecule has 1 aromatic rings. The Balaban J connectivity index is 0. The van der Waals surface area contributed by atoms with Gasteiger partial charge in [0.2, 0.25) is 0 Å². The molecule has 0 spiro atoms. The van der Waals surface area contributed by atoms with E-state index in [2.05, 4.69) is 0 Å². The fraction of sp³-hybridized carbons (Fsp3) is 0.333. The van der Waals surface area contributed by atoms with Crippen LogP contribution < -0.4 is 29.6 Å². The molecule has 1 aromatic carbocycles. The van der Waals surface area contributed by atoms with Gasteiger partial charge in [0.25, 0.3) is 0 Å². The Labute approximate surface area is 105 Å². The van der Waals surface area contributed by atoms with Crippen LogP contribution >= 0.6 is 0 Å². The van der Waals surface area contributed by atoms with Gasteiger partial charge in [-0.05, 0) is 18.4 Å². The minimum Gasteiger partial charge on any atom is -1.00 e. The zero-order chi connectivity index (χ0) is 8.81. The summed E-state index contributed by atoms with van der Waals surface area (Å²) in [6, 6.07) is 9.98. The molecule has 13 heavy (non-hydrogen) atoms. The van der Waals surface area contributed by atoms with Gasteiger partial charge in [-0.15, -0.1) is 0 Å². The summed E-state index contributed by atoms with van der Waals surface area (Å²) in [5, 5.41) is 0. The predicted octanol–water partition coefficient (Wildman–Crippen LogP) is -1.04. The third-order valence-corrected chi connectivity index (χ3v) is 2.27. The Morgan fingerprint density at radius 2 is 1.92 bits per heavy atom. The molecule has 0 radical (unpaired) electrons. The van der Waals surface area contributed by atoms with Crippen LogP contribution in [0.4, 0.5) is 0 Å². The summed E-state index contributed by atoms with van der Waals surface area (Å²) in [4.78, 5) is 0. The molecule has 2 nitrogen and oxygen atoms in total. The second-order valence-corrected chi connectivity index (χ2v) is 3.67. The molecule has 0 aliphatic rings. The van der Waals surface area contributed by atoms with Gasteiger partial charge in [0.05, 0.1) is 0 Å². The van der Waals surface area contributed by atoms with Crippen LogP contribution in [-0.4, -0.2) is 14.5 Å². The summed E-state index contributed by atoms with van der Waals surface area (Å²) in [5.74, 6) is 0.370. The SMILES string of the molecule is O=S(O)CCCc1ccccc1.[H-].[Na+]. The van der Waals surface area contributed by atoms with Crippen molar-refractivity contribution < 1.29 is 39.7 Å². The van der Waals surface area contributed by atoms with Gasteiger partial charge in [0, 0.05) is 5.75 Å². The maximum atomic E-state index is 10.3. The first-order valence-electron chi connectivity index (χ1n) is 3.90. The van der Waals surface area contributed by atoms with E-state index >= 15 is 0 Å². The first-order chi connectivity index (χ1) is 5.79. The number of aryl methyl sites for hydroxylation is 1. The first kappa shape index (κ1) is 13.3. The van der Waals surface area contributed by atoms with Gasteiger partial charge in [-0.2, -0.15) is 0 Å². The Morgan fingerprint density at radius 3 is 2.46 bits per heavy atom. The fourth-order valence-corrected chi connectivity index (χ4v) is 1.44. The van der Waals surface area contributed by atoms with Crippen LogP contribution in [0.2, 0.25) is 0 Å². The van der Waals surface area contributed by atoms with Crippen molar-refractivity contribution in [3.8, 4) is 0 Å². The van der Waals surface area contributed by atoms with E-state index in [9.17, 15) is 4.21 Å². The number of hydrogen-bond donors (Lipinski definition) is 1. The minimum absolute atomic E-state index is 0. The standard InChI is InChI=1S/C9H12O2S.Na.H/c10-12(11)8-4-7-9-5-2-1-3-6-9;;/h1-3,5-6H,4,7-8H2,(H,10,11);;/q;+1;-1. The van der Waals surface area contributed by atoms with E-state index in [1.807, 2.05) is 30.3 Å². The van der Waals surface area contributed by atoms with Crippen LogP contribution in [0.15, 0.2) is 30.3 Å². The quantitative estimate of drug-likeness (QED) is 0.507. The van der Waals surface area contributed by atoms with E-state index in [0.29, 0.717) is 5.75 Å². The van der Waals surface area contributed by atoms with Gasteiger partial charge in [0.1, 0.15) is 0 Å². The molecule has 0 saturated heterocycles. The summed E-state index contributed by atoms with van der Waals surface area (Å²) in [6.07, 6.45) is 1.65. The Kier molecular flexibility index (Phi) is 7.90. The van der Waals surface area contributed by atoms with E-state index < -0.39 is 11.1 Å². The van der Waals surface area contributed by atoms with Crippen molar-refractivity contribution in [1.29, 1.82) is 0 Å². The van der Waals surface area contributed by atoms with Crippen LogP contribution in [0.3, 0.4) is 0 Å². The van der Waals surface area contributed by atoms with Crippen LogP contribution in [0.1, 0.15) is 13.4 Å². The van der Waals surface area contributed by atoms with E-state index in [0.717, 1.165) is 12.8 Å². The molecule has 1 unspecified atom stereocenters. The average molecular weight is 208 g/mol. The van der Waals surface area contributed by atoms with Crippen LogP contribution in [0, 0.1) is 0 Å². The smallest absolute Gasteiger partial charge is 1.00 e. The molecule has 0 aliphatic carbocycles. The number of rotatable bonds is 4. The molecular formula is C9H13NaO2S. The van der Waals surface area contributed by atoms with E-state index in [1.165, 1.54) is 5.56 Å². The second-order valence-electron chi connectivity index (χ2n) is 2.61. The average Bonchev–Trinajstić information content (AvgIpc) is 2.05. The topological polar surface area (TPSA) is 37.3 Å². The maximum Gasteiger partial charge on any atom is 1.00 e. The van der Waals surface area contributed by atoms with Gasteiger partial charge in [-0.3, -0.25) is 0 Å². The molecule has 1 atom stereocenters. The predicted molar refractivity (Wildman–Crippen MR) is 51.5 cm³/mol. The molecule has 0 fully saturated rings. The molecule has 0 aliphatic heterocycles. The molecule has 0 saturated carbocycles. The van der Waals surface area contributed by atoms with Crippen LogP contribution in [0.25, 0.3) is 0 Å². The van der Waals surface area contributed by atoms with Crippen LogP contribution in [-0.2, 0) is 17.5 Å².